The van der Waals surface area contributed by atoms with E-state index in [1.165, 1.54) is 0 Å². The minimum absolute atomic E-state index is 0.0284. The highest BCUT2D eigenvalue weighted by Gasteiger charge is 2.28. The quantitative estimate of drug-likeness (QED) is 0.784. The molecular weight excluding hydrogens is 265 g/mol. The van der Waals surface area contributed by atoms with E-state index in [9.17, 15) is 22.8 Å². The van der Waals surface area contributed by atoms with Crippen molar-refractivity contribution in [2.24, 2.45) is 5.92 Å². The van der Waals surface area contributed by atoms with Gasteiger partial charge in [-0.2, -0.15) is 13.2 Å². The number of nitrogens with one attached hydrogen (secondary N) is 1. The van der Waals surface area contributed by atoms with Crippen LogP contribution in [0.15, 0.2) is 0 Å². The molecule has 19 heavy (non-hydrogen) atoms. The Morgan fingerprint density at radius 1 is 1.37 bits per heavy atom. The highest BCUT2D eigenvalue weighted by molar-refractivity contribution is 5.78. The van der Waals surface area contributed by atoms with Crippen molar-refractivity contribution in [2.75, 3.05) is 26.2 Å². The molecule has 0 aliphatic carbocycles. The van der Waals surface area contributed by atoms with Crippen LogP contribution in [0, 0.1) is 5.92 Å². The summed E-state index contributed by atoms with van der Waals surface area (Å²) in [5.41, 5.74) is 0. The van der Waals surface area contributed by atoms with Gasteiger partial charge in [0, 0.05) is 13.0 Å². The number of carboxylic acid groups (broad SMARTS) is 1. The first-order valence-corrected chi connectivity index (χ1v) is 6.04. The van der Waals surface area contributed by atoms with Crippen molar-refractivity contribution in [1.29, 1.82) is 0 Å². The van der Waals surface area contributed by atoms with Gasteiger partial charge in [0.25, 0.3) is 0 Å². The predicted octanol–water partition coefficient (Wildman–Crippen LogP) is 0.852. The molecule has 0 spiro atoms. The van der Waals surface area contributed by atoms with Gasteiger partial charge in [-0.15, -0.1) is 0 Å². The van der Waals surface area contributed by atoms with Gasteiger partial charge in [-0.1, -0.05) is 0 Å². The molecule has 0 aromatic carbocycles. The predicted molar refractivity (Wildman–Crippen MR) is 60.5 cm³/mol. The van der Waals surface area contributed by atoms with E-state index < -0.39 is 24.6 Å². The number of aliphatic carboxylic acids is 1. The van der Waals surface area contributed by atoms with Crippen LogP contribution in [-0.2, 0) is 9.59 Å². The van der Waals surface area contributed by atoms with Gasteiger partial charge in [-0.3, -0.25) is 14.5 Å². The van der Waals surface area contributed by atoms with E-state index in [2.05, 4.69) is 0 Å². The zero-order valence-electron chi connectivity index (χ0n) is 10.4. The Labute approximate surface area is 108 Å². The zero-order valence-corrected chi connectivity index (χ0v) is 10.4. The van der Waals surface area contributed by atoms with Crippen LogP contribution in [0.1, 0.15) is 19.3 Å². The highest BCUT2D eigenvalue weighted by Crippen LogP contribution is 2.19. The molecule has 1 aliphatic heterocycles. The number of carbonyl (C=O) groups excluding carboxylic acids is 1. The average Bonchev–Trinajstić information content (AvgIpc) is 2.25. The normalized spacial score (nSPS) is 21.1. The standard InChI is InChI=1S/C11H17F3N2O3/c12-11(13,14)7-15-9(17)6-16-3-1-2-8(5-16)4-10(18)19/h8H,1-7H2,(H,15,17)(H,18,19). The molecule has 5 nitrogen and oxygen atoms in total. The number of nitrogens with zero attached hydrogens (tertiary/aromatic N) is 1. The van der Waals surface area contributed by atoms with Gasteiger partial charge in [0.1, 0.15) is 6.54 Å². The first-order chi connectivity index (χ1) is 8.76. The lowest BCUT2D eigenvalue weighted by molar-refractivity contribution is -0.140. The van der Waals surface area contributed by atoms with Crippen LogP contribution < -0.4 is 5.32 Å². The molecule has 0 saturated carbocycles. The van der Waals surface area contributed by atoms with Crippen molar-refractivity contribution < 1.29 is 27.9 Å². The maximum absolute atomic E-state index is 11.9. The fourth-order valence-electron chi connectivity index (χ4n) is 2.17. The fourth-order valence-corrected chi connectivity index (χ4v) is 2.17. The maximum atomic E-state index is 11.9. The third kappa shape index (κ3) is 7.00. The number of alkyl halides is 3. The number of carbonyl (C=O) groups is 2. The Morgan fingerprint density at radius 3 is 2.63 bits per heavy atom. The molecule has 0 bridgehead atoms. The van der Waals surface area contributed by atoms with Gasteiger partial charge in [-0.05, 0) is 25.3 Å². The number of carboxylic acids is 1. The van der Waals surface area contributed by atoms with Crippen molar-refractivity contribution in [1.82, 2.24) is 10.2 Å². The largest absolute Gasteiger partial charge is 0.481 e. The Hall–Kier alpha value is -1.31. The number of hydrogen-bond acceptors (Lipinski definition) is 3. The second-order valence-electron chi connectivity index (χ2n) is 4.73. The smallest absolute Gasteiger partial charge is 0.405 e. The molecule has 1 aliphatic rings. The summed E-state index contributed by atoms with van der Waals surface area (Å²) in [6, 6.07) is 0. The summed E-state index contributed by atoms with van der Waals surface area (Å²) in [7, 11) is 0. The zero-order chi connectivity index (χ0) is 14.5. The molecule has 1 heterocycles. The summed E-state index contributed by atoms with van der Waals surface area (Å²) in [5.74, 6) is -1.62. The molecular formula is C11H17F3N2O3. The van der Waals surface area contributed by atoms with E-state index in [4.69, 9.17) is 5.11 Å². The van der Waals surface area contributed by atoms with Crippen LogP contribution >= 0.6 is 0 Å². The molecule has 0 aromatic heterocycles. The van der Waals surface area contributed by atoms with Gasteiger partial charge in [0.15, 0.2) is 0 Å². The number of likely N-dealkylation sites (tertiary alicyclic amines) is 1. The molecule has 1 saturated heterocycles. The van der Waals surface area contributed by atoms with Crippen molar-refractivity contribution in [3.05, 3.63) is 0 Å². The van der Waals surface area contributed by atoms with E-state index in [-0.39, 0.29) is 18.9 Å². The molecule has 1 atom stereocenters. The molecule has 1 unspecified atom stereocenters. The lowest BCUT2D eigenvalue weighted by Crippen LogP contribution is -2.44. The van der Waals surface area contributed by atoms with Gasteiger partial charge in [0.05, 0.1) is 6.54 Å². The minimum Gasteiger partial charge on any atom is -0.481 e. The number of rotatable bonds is 5. The van der Waals surface area contributed by atoms with Crippen molar-refractivity contribution >= 4 is 11.9 Å². The van der Waals surface area contributed by atoms with Crippen LogP contribution in [0.4, 0.5) is 13.2 Å². The monoisotopic (exact) mass is 282 g/mol. The van der Waals surface area contributed by atoms with E-state index in [1.54, 1.807) is 10.2 Å². The Kier molecular flexibility index (Phi) is 5.59. The maximum Gasteiger partial charge on any atom is 0.405 e. The fraction of sp³-hybridized carbons (Fsp3) is 0.818. The summed E-state index contributed by atoms with van der Waals surface area (Å²) < 4.78 is 35.7. The summed E-state index contributed by atoms with van der Waals surface area (Å²) >= 11 is 0. The van der Waals surface area contributed by atoms with Crippen molar-refractivity contribution in [3.8, 4) is 0 Å². The van der Waals surface area contributed by atoms with Crippen molar-refractivity contribution in [3.63, 3.8) is 0 Å². The molecule has 0 radical (unpaired) electrons. The van der Waals surface area contributed by atoms with E-state index in [0.29, 0.717) is 13.1 Å². The SMILES string of the molecule is O=C(O)CC1CCCN(CC(=O)NCC(F)(F)F)C1. The third-order valence-electron chi connectivity index (χ3n) is 2.92. The lowest BCUT2D eigenvalue weighted by atomic mass is 9.95. The lowest BCUT2D eigenvalue weighted by Gasteiger charge is -2.31. The number of piperidine rings is 1. The van der Waals surface area contributed by atoms with E-state index >= 15 is 0 Å². The molecule has 110 valence electrons. The van der Waals surface area contributed by atoms with Crippen LogP contribution in [0.3, 0.4) is 0 Å². The molecule has 0 aromatic rings. The Bertz CT molecular complexity index is 334. The molecule has 8 heteroatoms. The molecule has 2 N–H and O–H groups in total. The Morgan fingerprint density at radius 2 is 2.05 bits per heavy atom. The first-order valence-electron chi connectivity index (χ1n) is 6.04. The molecule has 1 fully saturated rings. The summed E-state index contributed by atoms with van der Waals surface area (Å²) in [4.78, 5) is 23.6. The average molecular weight is 282 g/mol. The number of halogens is 3. The van der Waals surface area contributed by atoms with E-state index in [0.717, 1.165) is 12.8 Å². The minimum atomic E-state index is -4.41. The van der Waals surface area contributed by atoms with Gasteiger partial charge >= 0.3 is 12.1 Å². The topological polar surface area (TPSA) is 69.6 Å². The summed E-state index contributed by atoms with van der Waals surface area (Å²) in [6.07, 6.45) is -2.86. The Balaban J connectivity index is 2.31. The first kappa shape index (κ1) is 15.7. The van der Waals surface area contributed by atoms with Gasteiger partial charge in [0.2, 0.25) is 5.91 Å². The second-order valence-corrected chi connectivity index (χ2v) is 4.73. The number of hydrogen-bond donors (Lipinski definition) is 2. The van der Waals surface area contributed by atoms with Crippen LogP contribution in [0.2, 0.25) is 0 Å². The molecule has 1 rings (SSSR count). The summed E-state index contributed by atoms with van der Waals surface area (Å²) in [5, 5.41) is 10.5. The van der Waals surface area contributed by atoms with Crippen LogP contribution in [0.5, 0.6) is 0 Å². The summed E-state index contributed by atoms with van der Waals surface area (Å²) in [6.45, 7) is -0.411. The van der Waals surface area contributed by atoms with Crippen LogP contribution in [-0.4, -0.2) is 54.2 Å². The van der Waals surface area contributed by atoms with Gasteiger partial charge in [-0.25, -0.2) is 0 Å². The second kappa shape index (κ2) is 6.74. The third-order valence-corrected chi connectivity index (χ3v) is 2.92. The van der Waals surface area contributed by atoms with E-state index in [1.807, 2.05) is 0 Å². The van der Waals surface area contributed by atoms with Crippen molar-refractivity contribution in [2.45, 2.75) is 25.4 Å². The van der Waals surface area contributed by atoms with Gasteiger partial charge < -0.3 is 10.4 Å². The molecule has 1 amide bonds. The number of amides is 1. The van der Waals surface area contributed by atoms with Crippen LogP contribution in [0.25, 0.3) is 0 Å². The highest BCUT2D eigenvalue weighted by atomic mass is 19.4.